The van der Waals surface area contributed by atoms with Crippen molar-refractivity contribution in [3.05, 3.63) is 0 Å². The Kier molecular flexibility index (Phi) is 4.93. The van der Waals surface area contributed by atoms with Crippen LogP contribution >= 0.6 is 0 Å². The maximum atomic E-state index is 12.0. The molecule has 0 radical (unpaired) electrons. The van der Waals surface area contributed by atoms with E-state index in [9.17, 15) is 9.59 Å². The monoisotopic (exact) mass is 242 g/mol. The molecule has 1 fully saturated rings. The summed E-state index contributed by atoms with van der Waals surface area (Å²) in [4.78, 5) is 24.3. The van der Waals surface area contributed by atoms with Crippen LogP contribution in [0.3, 0.4) is 0 Å². The Hall–Kier alpha value is -1.10. The SMILES string of the molecule is CCC(C)C(N)C(=O)N1CCC(CC(=O)O)C1. The number of aliphatic carboxylic acids is 1. The van der Waals surface area contributed by atoms with E-state index in [0.29, 0.717) is 13.1 Å². The van der Waals surface area contributed by atoms with Crippen LogP contribution in [0, 0.1) is 11.8 Å². The molecule has 0 spiro atoms. The van der Waals surface area contributed by atoms with Gasteiger partial charge in [0.1, 0.15) is 0 Å². The summed E-state index contributed by atoms with van der Waals surface area (Å²) in [5.74, 6) is -0.579. The molecule has 1 amide bonds. The van der Waals surface area contributed by atoms with Crippen LogP contribution in [-0.2, 0) is 9.59 Å². The minimum atomic E-state index is -0.796. The highest BCUT2D eigenvalue weighted by Gasteiger charge is 2.31. The maximum Gasteiger partial charge on any atom is 0.303 e. The Morgan fingerprint density at radius 1 is 1.53 bits per heavy atom. The molecule has 0 aliphatic carbocycles. The molecule has 1 rings (SSSR count). The van der Waals surface area contributed by atoms with Crippen LogP contribution in [0.5, 0.6) is 0 Å². The zero-order valence-electron chi connectivity index (χ0n) is 10.6. The van der Waals surface area contributed by atoms with Crippen LogP contribution in [0.1, 0.15) is 33.1 Å². The molecule has 1 heterocycles. The van der Waals surface area contributed by atoms with Gasteiger partial charge >= 0.3 is 5.97 Å². The van der Waals surface area contributed by atoms with E-state index in [4.69, 9.17) is 10.8 Å². The van der Waals surface area contributed by atoms with Gasteiger partial charge in [-0.2, -0.15) is 0 Å². The van der Waals surface area contributed by atoms with Gasteiger partial charge in [0.25, 0.3) is 0 Å². The van der Waals surface area contributed by atoms with Gasteiger partial charge in [-0.15, -0.1) is 0 Å². The zero-order chi connectivity index (χ0) is 13.0. The fourth-order valence-electron chi connectivity index (χ4n) is 2.15. The number of carboxylic acids is 1. The van der Waals surface area contributed by atoms with Crippen molar-refractivity contribution in [2.24, 2.45) is 17.6 Å². The molecule has 1 aliphatic heterocycles. The molecule has 0 bridgehead atoms. The van der Waals surface area contributed by atoms with E-state index in [1.165, 1.54) is 0 Å². The average molecular weight is 242 g/mol. The maximum absolute atomic E-state index is 12.0. The predicted molar refractivity (Wildman–Crippen MR) is 64.4 cm³/mol. The van der Waals surface area contributed by atoms with Gasteiger partial charge in [0, 0.05) is 19.5 Å². The Balaban J connectivity index is 2.47. The average Bonchev–Trinajstić information content (AvgIpc) is 2.73. The van der Waals surface area contributed by atoms with Crippen LogP contribution in [-0.4, -0.2) is 41.0 Å². The van der Waals surface area contributed by atoms with Gasteiger partial charge in [-0.1, -0.05) is 20.3 Å². The largest absolute Gasteiger partial charge is 0.481 e. The highest BCUT2D eigenvalue weighted by molar-refractivity contribution is 5.82. The lowest BCUT2D eigenvalue weighted by Crippen LogP contribution is -2.46. The summed E-state index contributed by atoms with van der Waals surface area (Å²) >= 11 is 0. The van der Waals surface area contributed by atoms with Crippen LogP contribution in [0.4, 0.5) is 0 Å². The second kappa shape index (κ2) is 6.00. The van der Waals surface area contributed by atoms with E-state index in [0.717, 1.165) is 12.8 Å². The van der Waals surface area contributed by atoms with Gasteiger partial charge in [-0.25, -0.2) is 0 Å². The summed E-state index contributed by atoms with van der Waals surface area (Å²) in [7, 11) is 0. The Morgan fingerprint density at radius 3 is 2.71 bits per heavy atom. The Morgan fingerprint density at radius 2 is 2.18 bits per heavy atom. The minimum Gasteiger partial charge on any atom is -0.481 e. The van der Waals surface area contributed by atoms with E-state index < -0.39 is 12.0 Å². The van der Waals surface area contributed by atoms with Crippen molar-refractivity contribution in [1.82, 2.24) is 4.90 Å². The second-order valence-electron chi connectivity index (χ2n) is 4.95. The van der Waals surface area contributed by atoms with E-state index in [1.54, 1.807) is 4.90 Å². The number of nitrogens with zero attached hydrogens (tertiary/aromatic N) is 1. The van der Waals surface area contributed by atoms with Gasteiger partial charge in [-0.05, 0) is 18.3 Å². The predicted octanol–water partition coefficient (Wildman–Crippen LogP) is 0.683. The Bertz CT molecular complexity index is 293. The van der Waals surface area contributed by atoms with Crippen LogP contribution in [0.2, 0.25) is 0 Å². The molecule has 0 saturated carbocycles. The first-order valence-electron chi connectivity index (χ1n) is 6.21. The molecule has 0 aromatic heterocycles. The molecule has 3 N–H and O–H groups in total. The molecule has 1 saturated heterocycles. The Labute approximate surface area is 102 Å². The standard InChI is InChI=1S/C12H22N2O3/c1-3-8(2)11(13)12(17)14-5-4-9(7-14)6-10(15)16/h8-9,11H,3-7,13H2,1-2H3,(H,15,16). The second-order valence-corrected chi connectivity index (χ2v) is 4.95. The third-order valence-electron chi connectivity index (χ3n) is 3.60. The fourth-order valence-corrected chi connectivity index (χ4v) is 2.15. The summed E-state index contributed by atoms with van der Waals surface area (Å²) in [6.45, 7) is 5.15. The summed E-state index contributed by atoms with van der Waals surface area (Å²) in [6, 6.07) is -0.455. The molecule has 0 aromatic rings. The normalized spacial score (nSPS) is 23.5. The summed E-state index contributed by atoms with van der Waals surface area (Å²) < 4.78 is 0. The number of rotatable bonds is 5. The number of hydrogen-bond acceptors (Lipinski definition) is 3. The van der Waals surface area contributed by atoms with E-state index >= 15 is 0 Å². The fraction of sp³-hybridized carbons (Fsp3) is 0.833. The quantitative estimate of drug-likeness (QED) is 0.742. The number of nitrogens with two attached hydrogens (primary N) is 1. The molecule has 1 aliphatic rings. The van der Waals surface area contributed by atoms with Gasteiger partial charge in [0.2, 0.25) is 5.91 Å². The lowest BCUT2D eigenvalue weighted by Gasteiger charge is -2.24. The van der Waals surface area contributed by atoms with Crippen molar-refractivity contribution in [2.75, 3.05) is 13.1 Å². The molecule has 17 heavy (non-hydrogen) atoms. The highest BCUT2D eigenvalue weighted by atomic mass is 16.4. The minimum absolute atomic E-state index is 0.0350. The van der Waals surface area contributed by atoms with Crippen molar-refractivity contribution in [3.8, 4) is 0 Å². The smallest absolute Gasteiger partial charge is 0.303 e. The number of hydrogen-bond donors (Lipinski definition) is 2. The summed E-state index contributed by atoms with van der Waals surface area (Å²) in [6.07, 6.45) is 1.78. The highest BCUT2D eigenvalue weighted by Crippen LogP contribution is 2.21. The van der Waals surface area contributed by atoms with Crippen molar-refractivity contribution in [1.29, 1.82) is 0 Å². The lowest BCUT2D eigenvalue weighted by atomic mass is 9.99. The number of likely N-dealkylation sites (tertiary alicyclic amines) is 1. The molecule has 5 nitrogen and oxygen atoms in total. The topological polar surface area (TPSA) is 83.6 Å². The molecular weight excluding hydrogens is 220 g/mol. The van der Waals surface area contributed by atoms with Crippen molar-refractivity contribution < 1.29 is 14.7 Å². The van der Waals surface area contributed by atoms with Crippen LogP contribution < -0.4 is 5.73 Å². The third-order valence-corrected chi connectivity index (χ3v) is 3.60. The number of carbonyl (C=O) groups excluding carboxylic acids is 1. The number of carboxylic acid groups (broad SMARTS) is 1. The molecule has 98 valence electrons. The van der Waals surface area contributed by atoms with Gasteiger partial charge < -0.3 is 15.7 Å². The first kappa shape index (κ1) is 14.0. The first-order chi connectivity index (χ1) is 7.95. The van der Waals surface area contributed by atoms with Crippen molar-refractivity contribution in [2.45, 2.75) is 39.2 Å². The lowest BCUT2D eigenvalue weighted by molar-refractivity contribution is -0.138. The zero-order valence-corrected chi connectivity index (χ0v) is 10.6. The molecule has 3 atom stereocenters. The van der Waals surface area contributed by atoms with Crippen molar-refractivity contribution in [3.63, 3.8) is 0 Å². The molecular formula is C12H22N2O3. The van der Waals surface area contributed by atoms with E-state index in [2.05, 4.69) is 0 Å². The first-order valence-corrected chi connectivity index (χ1v) is 6.21. The van der Waals surface area contributed by atoms with E-state index in [1.807, 2.05) is 13.8 Å². The number of carbonyl (C=O) groups is 2. The van der Waals surface area contributed by atoms with Gasteiger partial charge in [-0.3, -0.25) is 9.59 Å². The van der Waals surface area contributed by atoms with Gasteiger partial charge in [0.15, 0.2) is 0 Å². The van der Waals surface area contributed by atoms with Gasteiger partial charge in [0.05, 0.1) is 6.04 Å². The van der Waals surface area contributed by atoms with Crippen LogP contribution in [0.25, 0.3) is 0 Å². The number of amides is 1. The molecule has 5 heteroatoms. The van der Waals surface area contributed by atoms with Crippen LogP contribution in [0.15, 0.2) is 0 Å². The summed E-state index contributed by atoms with van der Waals surface area (Å²) in [5, 5.41) is 8.71. The third kappa shape index (κ3) is 3.70. The van der Waals surface area contributed by atoms with Crippen molar-refractivity contribution >= 4 is 11.9 Å². The summed E-state index contributed by atoms with van der Waals surface area (Å²) in [5.41, 5.74) is 5.89. The molecule has 0 aromatic carbocycles. The molecule has 3 unspecified atom stereocenters. The van der Waals surface area contributed by atoms with E-state index in [-0.39, 0.29) is 24.2 Å².